The van der Waals surface area contributed by atoms with Gasteiger partial charge in [-0.1, -0.05) is 0 Å². The van der Waals surface area contributed by atoms with Crippen LogP contribution in [0.15, 0.2) is 31.0 Å². The monoisotopic (exact) mass is 325 g/mol. The molecule has 6 nitrogen and oxygen atoms in total. The fraction of sp³-hybridized carbons (Fsp3) is 0.556. The second-order valence-electron chi connectivity index (χ2n) is 7.04. The molecule has 0 unspecified atom stereocenters. The molecule has 2 aliphatic heterocycles. The van der Waals surface area contributed by atoms with Gasteiger partial charge in [-0.25, -0.2) is 9.97 Å². The van der Waals surface area contributed by atoms with Crippen LogP contribution in [0.4, 0.5) is 5.82 Å². The molecule has 126 valence electrons. The van der Waals surface area contributed by atoms with E-state index >= 15 is 0 Å². The van der Waals surface area contributed by atoms with Crippen LogP contribution in [0.1, 0.15) is 30.7 Å². The zero-order chi connectivity index (χ0) is 16.4. The highest BCUT2D eigenvalue weighted by molar-refractivity contribution is 5.39. The van der Waals surface area contributed by atoms with Crippen LogP contribution in [0.5, 0.6) is 0 Å². The summed E-state index contributed by atoms with van der Waals surface area (Å²) >= 11 is 0. The molecule has 4 rings (SSSR count). The lowest BCUT2D eigenvalue weighted by Gasteiger charge is -2.39. The minimum absolute atomic E-state index is 0.273. The SMILES string of the molecule is Cc1cc(N2CCC3(CC2)CO[C@H](Cc2cnccn2)C3)ncn1. The number of ether oxygens (including phenoxy) is 1. The Morgan fingerprint density at radius 3 is 2.83 bits per heavy atom. The van der Waals surface area contributed by atoms with E-state index in [1.54, 1.807) is 18.7 Å². The topological polar surface area (TPSA) is 64.0 Å². The molecule has 2 aromatic heterocycles. The highest BCUT2D eigenvalue weighted by atomic mass is 16.5. The van der Waals surface area contributed by atoms with Crippen molar-refractivity contribution >= 4 is 5.82 Å². The van der Waals surface area contributed by atoms with Gasteiger partial charge < -0.3 is 9.64 Å². The second kappa shape index (κ2) is 6.43. The molecule has 24 heavy (non-hydrogen) atoms. The number of hydrogen-bond acceptors (Lipinski definition) is 6. The van der Waals surface area contributed by atoms with Crippen molar-refractivity contribution in [1.82, 2.24) is 19.9 Å². The Balaban J connectivity index is 1.35. The van der Waals surface area contributed by atoms with Gasteiger partial charge in [0.15, 0.2) is 0 Å². The largest absolute Gasteiger partial charge is 0.377 e. The Morgan fingerprint density at radius 2 is 2.08 bits per heavy atom. The summed E-state index contributed by atoms with van der Waals surface area (Å²) in [6.45, 7) is 4.96. The minimum atomic E-state index is 0.273. The molecular weight excluding hydrogens is 302 g/mol. The fourth-order valence-electron chi connectivity index (χ4n) is 3.87. The maximum atomic E-state index is 6.10. The van der Waals surface area contributed by atoms with E-state index in [2.05, 4.69) is 30.9 Å². The van der Waals surface area contributed by atoms with Crippen molar-refractivity contribution < 1.29 is 4.74 Å². The van der Waals surface area contributed by atoms with Gasteiger partial charge in [-0.15, -0.1) is 0 Å². The second-order valence-corrected chi connectivity index (χ2v) is 7.04. The highest BCUT2D eigenvalue weighted by Crippen LogP contribution is 2.43. The van der Waals surface area contributed by atoms with Crippen LogP contribution in [0.25, 0.3) is 0 Å². The van der Waals surface area contributed by atoms with Gasteiger partial charge in [-0.2, -0.15) is 0 Å². The number of rotatable bonds is 3. The number of aromatic nitrogens is 4. The Hall–Kier alpha value is -2.08. The average molecular weight is 325 g/mol. The number of aryl methyl sites for hydroxylation is 1. The fourth-order valence-corrected chi connectivity index (χ4v) is 3.87. The van der Waals surface area contributed by atoms with Crippen molar-refractivity contribution in [2.45, 2.75) is 38.7 Å². The Labute approximate surface area is 142 Å². The van der Waals surface area contributed by atoms with Crippen molar-refractivity contribution in [3.8, 4) is 0 Å². The highest BCUT2D eigenvalue weighted by Gasteiger charge is 2.42. The van der Waals surface area contributed by atoms with Gasteiger partial charge >= 0.3 is 0 Å². The molecule has 0 aliphatic carbocycles. The molecule has 6 heteroatoms. The molecular formula is C18H23N5O. The van der Waals surface area contributed by atoms with Crippen LogP contribution in [-0.4, -0.2) is 45.7 Å². The molecule has 2 fully saturated rings. The quantitative estimate of drug-likeness (QED) is 0.862. The summed E-state index contributed by atoms with van der Waals surface area (Å²) in [5.41, 5.74) is 2.37. The molecule has 2 aromatic rings. The van der Waals surface area contributed by atoms with E-state index in [1.165, 1.54) is 0 Å². The predicted octanol–water partition coefficient (Wildman–Crippen LogP) is 2.19. The summed E-state index contributed by atoms with van der Waals surface area (Å²) in [5, 5.41) is 0. The molecule has 0 bridgehead atoms. The van der Waals surface area contributed by atoms with E-state index in [1.807, 2.05) is 13.1 Å². The van der Waals surface area contributed by atoms with Gasteiger partial charge in [0, 0.05) is 49.9 Å². The summed E-state index contributed by atoms with van der Waals surface area (Å²) in [6.07, 6.45) is 11.5. The first-order valence-corrected chi connectivity index (χ1v) is 8.63. The average Bonchev–Trinajstić information content (AvgIpc) is 2.99. The van der Waals surface area contributed by atoms with Gasteiger partial charge in [-0.3, -0.25) is 9.97 Å². The zero-order valence-electron chi connectivity index (χ0n) is 14.1. The van der Waals surface area contributed by atoms with Crippen molar-refractivity contribution in [2.24, 2.45) is 5.41 Å². The standard InChI is InChI=1S/C18H23N5O/c1-14-8-17(22-13-21-14)23-6-2-18(3-7-23)10-16(24-12-18)9-15-11-19-4-5-20-15/h4-5,8,11,13,16H,2-3,6-7,9-10,12H2,1H3/t16-/m1/s1. The van der Waals surface area contributed by atoms with Gasteiger partial charge in [0.1, 0.15) is 12.1 Å². The lowest BCUT2D eigenvalue weighted by molar-refractivity contribution is 0.0881. The van der Waals surface area contributed by atoms with Crippen LogP contribution in [0.3, 0.4) is 0 Å². The number of nitrogens with zero attached hydrogens (tertiary/aromatic N) is 5. The summed E-state index contributed by atoms with van der Waals surface area (Å²) in [6, 6.07) is 2.07. The molecule has 4 heterocycles. The van der Waals surface area contributed by atoms with Crippen LogP contribution < -0.4 is 4.90 Å². The number of hydrogen-bond donors (Lipinski definition) is 0. The lowest BCUT2D eigenvalue weighted by Crippen LogP contribution is -2.41. The van der Waals surface area contributed by atoms with Crippen molar-refractivity contribution in [3.63, 3.8) is 0 Å². The van der Waals surface area contributed by atoms with Gasteiger partial charge in [0.2, 0.25) is 0 Å². The van der Waals surface area contributed by atoms with E-state index in [0.29, 0.717) is 5.41 Å². The van der Waals surface area contributed by atoms with Gasteiger partial charge in [0.05, 0.1) is 18.4 Å². The van der Waals surface area contributed by atoms with Crippen molar-refractivity contribution in [2.75, 3.05) is 24.6 Å². The van der Waals surface area contributed by atoms with E-state index in [0.717, 1.165) is 62.6 Å². The summed E-state index contributed by atoms with van der Waals surface area (Å²) in [7, 11) is 0. The van der Waals surface area contributed by atoms with E-state index in [4.69, 9.17) is 4.74 Å². The first-order chi connectivity index (χ1) is 11.7. The van der Waals surface area contributed by atoms with Crippen LogP contribution in [-0.2, 0) is 11.2 Å². The summed E-state index contributed by atoms with van der Waals surface area (Å²) in [5.74, 6) is 1.05. The van der Waals surface area contributed by atoms with Gasteiger partial charge in [0.25, 0.3) is 0 Å². The van der Waals surface area contributed by atoms with E-state index in [9.17, 15) is 0 Å². The first-order valence-electron chi connectivity index (χ1n) is 8.63. The molecule has 0 amide bonds. The number of piperidine rings is 1. The Bertz CT molecular complexity index is 685. The molecule has 2 aliphatic rings. The first kappa shape index (κ1) is 15.4. The lowest BCUT2D eigenvalue weighted by atomic mass is 9.76. The zero-order valence-corrected chi connectivity index (χ0v) is 14.1. The van der Waals surface area contributed by atoms with Crippen molar-refractivity contribution in [3.05, 3.63) is 42.4 Å². The van der Waals surface area contributed by atoms with Gasteiger partial charge in [-0.05, 0) is 31.6 Å². The molecule has 2 saturated heterocycles. The summed E-state index contributed by atoms with van der Waals surface area (Å²) < 4.78 is 6.10. The Kier molecular flexibility index (Phi) is 4.14. The van der Waals surface area contributed by atoms with Crippen LogP contribution in [0.2, 0.25) is 0 Å². The van der Waals surface area contributed by atoms with E-state index in [-0.39, 0.29) is 6.10 Å². The van der Waals surface area contributed by atoms with Crippen molar-refractivity contribution in [1.29, 1.82) is 0 Å². The summed E-state index contributed by atoms with van der Waals surface area (Å²) in [4.78, 5) is 19.5. The molecule has 0 aromatic carbocycles. The molecule has 1 spiro atoms. The third kappa shape index (κ3) is 3.24. The smallest absolute Gasteiger partial charge is 0.132 e. The van der Waals surface area contributed by atoms with E-state index < -0.39 is 0 Å². The molecule has 0 N–H and O–H groups in total. The number of anilines is 1. The minimum Gasteiger partial charge on any atom is -0.377 e. The third-order valence-electron chi connectivity index (χ3n) is 5.28. The third-order valence-corrected chi connectivity index (χ3v) is 5.28. The maximum absolute atomic E-state index is 6.10. The molecule has 0 radical (unpaired) electrons. The van der Waals surface area contributed by atoms with Crippen LogP contribution >= 0.6 is 0 Å². The Morgan fingerprint density at radius 1 is 1.21 bits per heavy atom. The molecule has 0 saturated carbocycles. The van der Waals surface area contributed by atoms with Crippen LogP contribution in [0, 0.1) is 12.3 Å². The normalized spacial score (nSPS) is 22.9. The molecule has 1 atom stereocenters. The maximum Gasteiger partial charge on any atom is 0.132 e. The predicted molar refractivity (Wildman–Crippen MR) is 90.7 cm³/mol.